The van der Waals surface area contributed by atoms with Crippen LogP contribution in [0.15, 0.2) is 52.8 Å². The molecule has 0 aliphatic heterocycles. The third-order valence-corrected chi connectivity index (χ3v) is 5.32. The quantitative estimate of drug-likeness (QED) is 0.352. The molecule has 0 saturated carbocycles. The minimum atomic E-state index is 0. The Kier molecular flexibility index (Phi) is 10.8. The van der Waals surface area contributed by atoms with Gasteiger partial charge in [-0.3, -0.25) is 4.99 Å². The van der Waals surface area contributed by atoms with Crippen LogP contribution in [-0.4, -0.2) is 63.1 Å². The van der Waals surface area contributed by atoms with Crippen molar-refractivity contribution in [1.82, 2.24) is 15.1 Å². The van der Waals surface area contributed by atoms with Crippen molar-refractivity contribution in [3.8, 4) is 0 Å². The van der Waals surface area contributed by atoms with Crippen LogP contribution in [0.25, 0.3) is 0 Å². The summed E-state index contributed by atoms with van der Waals surface area (Å²) in [5, 5.41) is 5.67. The lowest BCUT2D eigenvalue weighted by atomic mass is 10.1. The summed E-state index contributed by atoms with van der Waals surface area (Å²) in [5.41, 5.74) is 1.36. The van der Waals surface area contributed by atoms with Gasteiger partial charge < -0.3 is 15.1 Å². The zero-order valence-corrected chi connectivity index (χ0v) is 19.3. The fourth-order valence-electron chi connectivity index (χ4n) is 2.76. The Hall–Kier alpha value is -1.12. The molecule has 1 atom stereocenters. The van der Waals surface area contributed by atoms with E-state index in [4.69, 9.17) is 0 Å². The van der Waals surface area contributed by atoms with Crippen LogP contribution >= 0.6 is 35.3 Å². The van der Waals surface area contributed by atoms with Gasteiger partial charge >= 0.3 is 0 Å². The lowest BCUT2D eigenvalue weighted by Gasteiger charge is -2.28. The second-order valence-corrected chi connectivity index (χ2v) is 7.52. The SMILES string of the molecule is CN=C(NCC(Cc1ccccc1)N(C)C)N(C)CCc1cccs1.I. The highest BCUT2D eigenvalue weighted by Gasteiger charge is 2.14. The maximum atomic E-state index is 4.44. The lowest BCUT2D eigenvalue weighted by Crippen LogP contribution is -2.46. The molecule has 4 nitrogen and oxygen atoms in total. The normalized spacial score (nSPS) is 12.6. The Morgan fingerprint density at radius 3 is 2.42 bits per heavy atom. The monoisotopic (exact) mass is 486 g/mol. The Labute approximate surface area is 179 Å². The number of aliphatic imine (C=N–C) groups is 1. The molecule has 0 bridgehead atoms. The molecule has 1 unspecified atom stereocenters. The van der Waals surface area contributed by atoms with Gasteiger partial charge in [-0.25, -0.2) is 0 Å². The lowest BCUT2D eigenvalue weighted by molar-refractivity contribution is 0.288. The van der Waals surface area contributed by atoms with E-state index in [9.17, 15) is 0 Å². The molecule has 0 spiro atoms. The van der Waals surface area contributed by atoms with E-state index in [1.54, 1.807) is 0 Å². The molecule has 144 valence electrons. The van der Waals surface area contributed by atoms with E-state index in [1.165, 1.54) is 10.4 Å². The summed E-state index contributed by atoms with van der Waals surface area (Å²) in [6.45, 7) is 1.84. The van der Waals surface area contributed by atoms with Crippen LogP contribution in [-0.2, 0) is 12.8 Å². The van der Waals surface area contributed by atoms with Crippen LogP contribution < -0.4 is 5.32 Å². The van der Waals surface area contributed by atoms with Crippen molar-refractivity contribution in [2.45, 2.75) is 18.9 Å². The van der Waals surface area contributed by atoms with E-state index < -0.39 is 0 Å². The van der Waals surface area contributed by atoms with E-state index in [0.29, 0.717) is 6.04 Å². The van der Waals surface area contributed by atoms with E-state index in [0.717, 1.165) is 31.9 Å². The topological polar surface area (TPSA) is 30.9 Å². The molecule has 0 saturated heterocycles. The first-order valence-corrected chi connectivity index (χ1v) is 9.62. The predicted octanol–water partition coefficient (Wildman–Crippen LogP) is 3.59. The average Bonchev–Trinajstić information content (AvgIpc) is 3.13. The number of rotatable bonds is 8. The van der Waals surface area contributed by atoms with Gasteiger partial charge in [0.15, 0.2) is 5.96 Å². The van der Waals surface area contributed by atoms with Crippen molar-refractivity contribution in [3.05, 3.63) is 58.3 Å². The summed E-state index contributed by atoms with van der Waals surface area (Å²) in [6, 6.07) is 15.4. The van der Waals surface area contributed by atoms with Gasteiger partial charge in [0.25, 0.3) is 0 Å². The molecular formula is C20H31IN4S. The maximum absolute atomic E-state index is 4.44. The number of nitrogens with zero attached hydrogens (tertiary/aromatic N) is 3. The summed E-state index contributed by atoms with van der Waals surface area (Å²) in [4.78, 5) is 10.3. The molecule has 2 aromatic rings. The Morgan fingerprint density at radius 1 is 1.12 bits per heavy atom. The third-order valence-electron chi connectivity index (χ3n) is 4.39. The zero-order chi connectivity index (χ0) is 18.1. The van der Waals surface area contributed by atoms with E-state index >= 15 is 0 Å². The van der Waals surface area contributed by atoms with Gasteiger partial charge in [-0.1, -0.05) is 36.4 Å². The van der Waals surface area contributed by atoms with Crippen LogP contribution in [0.4, 0.5) is 0 Å². The highest BCUT2D eigenvalue weighted by molar-refractivity contribution is 14.0. The average molecular weight is 486 g/mol. The van der Waals surface area contributed by atoms with Gasteiger partial charge in [-0.2, -0.15) is 0 Å². The molecule has 6 heteroatoms. The van der Waals surface area contributed by atoms with Crippen molar-refractivity contribution < 1.29 is 0 Å². The van der Waals surface area contributed by atoms with Gasteiger partial charge in [-0.05, 0) is 43.9 Å². The molecule has 0 radical (unpaired) electrons. The second kappa shape index (κ2) is 12.3. The summed E-state index contributed by atoms with van der Waals surface area (Å²) >= 11 is 1.81. The van der Waals surface area contributed by atoms with Crippen LogP contribution in [0.5, 0.6) is 0 Å². The van der Waals surface area contributed by atoms with Crippen LogP contribution in [0.3, 0.4) is 0 Å². The molecule has 26 heavy (non-hydrogen) atoms. The molecule has 1 aromatic heterocycles. The van der Waals surface area contributed by atoms with E-state index in [2.05, 4.69) is 89.1 Å². The third kappa shape index (κ3) is 7.63. The standard InChI is InChI=1S/C20H30N4S.HI/c1-21-20(24(4)13-12-19-11-8-14-25-19)22-16-18(23(2)3)15-17-9-6-5-7-10-17;/h5-11,14,18H,12-13,15-16H2,1-4H3,(H,21,22);1H. The molecule has 0 fully saturated rings. The number of hydrogen-bond acceptors (Lipinski definition) is 3. The molecule has 0 aliphatic rings. The first-order valence-electron chi connectivity index (χ1n) is 8.74. The Balaban J connectivity index is 0.00000338. The van der Waals surface area contributed by atoms with Crippen molar-refractivity contribution in [3.63, 3.8) is 0 Å². The minimum Gasteiger partial charge on any atom is -0.355 e. The van der Waals surface area contributed by atoms with Crippen molar-refractivity contribution in [2.75, 3.05) is 41.3 Å². The second-order valence-electron chi connectivity index (χ2n) is 6.49. The molecular weight excluding hydrogens is 455 g/mol. The number of nitrogens with one attached hydrogen (secondary N) is 1. The van der Waals surface area contributed by atoms with E-state index in [1.807, 2.05) is 18.4 Å². The number of thiophene rings is 1. The molecule has 2 rings (SSSR count). The first-order chi connectivity index (χ1) is 12.1. The summed E-state index contributed by atoms with van der Waals surface area (Å²) < 4.78 is 0. The van der Waals surface area contributed by atoms with Gasteiger partial charge in [0.1, 0.15) is 0 Å². The summed E-state index contributed by atoms with van der Waals surface area (Å²) in [6.07, 6.45) is 2.08. The number of likely N-dealkylation sites (N-methyl/N-ethyl adjacent to an activating group) is 2. The minimum absolute atomic E-state index is 0. The van der Waals surface area contributed by atoms with Crippen molar-refractivity contribution in [1.29, 1.82) is 0 Å². The number of hydrogen-bond donors (Lipinski definition) is 1. The van der Waals surface area contributed by atoms with Gasteiger partial charge in [-0.15, -0.1) is 35.3 Å². The number of benzene rings is 1. The molecule has 1 heterocycles. The fourth-order valence-corrected chi connectivity index (χ4v) is 3.45. The molecule has 1 aromatic carbocycles. The zero-order valence-electron chi connectivity index (χ0n) is 16.2. The smallest absolute Gasteiger partial charge is 0.193 e. The molecule has 0 aliphatic carbocycles. The van der Waals surface area contributed by atoms with Crippen LogP contribution in [0, 0.1) is 0 Å². The Morgan fingerprint density at radius 2 is 1.85 bits per heavy atom. The predicted molar refractivity (Wildman–Crippen MR) is 125 cm³/mol. The highest BCUT2D eigenvalue weighted by Crippen LogP contribution is 2.10. The van der Waals surface area contributed by atoms with Crippen molar-refractivity contribution >= 4 is 41.3 Å². The molecule has 1 N–H and O–H groups in total. The molecule has 0 amide bonds. The highest BCUT2D eigenvalue weighted by atomic mass is 127. The maximum Gasteiger partial charge on any atom is 0.193 e. The van der Waals surface area contributed by atoms with Crippen molar-refractivity contribution in [2.24, 2.45) is 4.99 Å². The number of halogens is 1. The van der Waals surface area contributed by atoms with Crippen LogP contribution in [0.1, 0.15) is 10.4 Å². The fraction of sp³-hybridized carbons (Fsp3) is 0.450. The van der Waals surface area contributed by atoms with Gasteiger partial charge in [0.2, 0.25) is 0 Å². The van der Waals surface area contributed by atoms with Crippen LogP contribution in [0.2, 0.25) is 0 Å². The Bertz CT molecular complexity index is 629. The van der Waals surface area contributed by atoms with Gasteiger partial charge in [0.05, 0.1) is 0 Å². The number of guanidine groups is 1. The van der Waals surface area contributed by atoms with Gasteiger partial charge in [0, 0.05) is 38.1 Å². The first kappa shape index (κ1) is 22.9. The summed E-state index contributed by atoms with van der Waals surface area (Å²) in [7, 11) is 8.23. The van der Waals surface area contributed by atoms with E-state index in [-0.39, 0.29) is 24.0 Å². The largest absolute Gasteiger partial charge is 0.355 e. The summed E-state index contributed by atoms with van der Waals surface area (Å²) in [5.74, 6) is 0.955.